The third-order valence-corrected chi connectivity index (χ3v) is 4.27. The Balaban J connectivity index is 2.56. The molecule has 0 spiro atoms. The van der Waals surface area contributed by atoms with Crippen LogP contribution < -0.4 is 4.74 Å². The molecule has 0 aromatic heterocycles. The summed E-state index contributed by atoms with van der Waals surface area (Å²) >= 11 is 2.12. The van der Waals surface area contributed by atoms with Gasteiger partial charge in [0.2, 0.25) is 0 Å². The topological polar surface area (TPSA) is 26.3 Å². The Morgan fingerprint density at radius 3 is 2.63 bits per heavy atom. The van der Waals surface area contributed by atoms with Gasteiger partial charge in [0.1, 0.15) is 11.6 Å². The summed E-state index contributed by atoms with van der Waals surface area (Å²) in [5.74, 6) is -0.306. The summed E-state index contributed by atoms with van der Waals surface area (Å²) in [6.07, 6.45) is 0. The molecule has 2 aromatic carbocycles. The minimum Gasteiger partial charge on any atom is -0.496 e. The number of halogens is 2. The van der Waals surface area contributed by atoms with E-state index in [1.807, 2.05) is 19.1 Å². The average Bonchev–Trinajstić information content (AvgIpc) is 2.41. The van der Waals surface area contributed by atoms with Crippen LogP contribution in [-0.2, 0) is 0 Å². The highest BCUT2D eigenvalue weighted by Gasteiger charge is 2.18. The summed E-state index contributed by atoms with van der Waals surface area (Å²) < 4.78 is 19.3. The highest BCUT2D eigenvalue weighted by atomic mass is 127. The number of methoxy groups -OCH3 is 1. The number of carbonyl (C=O) groups excluding carboxylic acids is 1. The van der Waals surface area contributed by atoms with Gasteiger partial charge in [0.05, 0.1) is 12.7 Å². The molecule has 98 valence electrons. The lowest BCUT2D eigenvalue weighted by Gasteiger charge is -2.10. The molecule has 0 bridgehead atoms. The van der Waals surface area contributed by atoms with Crippen LogP contribution in [0.5, 0.6) is 5.75 Å². The van der Waals surface area contributed by atoms with Crippen molar-refractivity contribution >= 4 is 28.4 Å². The van der Waals surface area contributed by atoms with E-state index in [1.165, 1.54) is 25.3 Å². The molecule has 0 fully saturated rings. The van der Waals surface area contributed by atoms with Crippen molar-refractivity contribution in [2.75, 3.05) is 7.11 Å². The van der Waals surface area contributed by atoms with Crippen LogP contribution >= 0.6 is 22.6 Å². The third kappa shape index (κ3) is 2.78. The summed E-state index contributed by atoms with van der Waals surface area (Å²) in [4.78, 5) is 12.5. The molecule has 0 radical (unpaired) electrons. The smallest absolute Gasteiger partial charge is 0.197 e. The number of ether oxygens (including phenoxy) is 1. The Hall–Kier alpha value is -1.43. The van der Waals surface area contributed by atoms with Gasteiger partial charge in [-0.3, -0.25) is 4.79 Å². The molecule has 0 unspecified atom stereocenters. The van der Waals surface area contributed by atoms with E-state index in [0.717, 1.165) is 9.13 Å². The maximum absolute atomic E-state index is 13.3. The fourth-order valence-corrected chi connectivity index (χ4v) is 2.43. The van der Waals surface area contributed by atoms with E-state index in [1.54, 1.807) is 6.07 Å². The lowest BCUT2D eigenvalue weighted by atomic mass is 10.0. The van der Waals surface area contributed by atoms with Crippen LogP contribution in [0.3, 0.4) is 0 Å². The van der Waals surface area contributed by atoms with Gasteiger partial charge in [-0.1, -0.05) is 12.1 Å². The van der Waals surface area contributed by atoms with Crippen molar-refractivity contribution in [2.24, 2.45) is 0 Å². The van der Waals surface area contributed by atoms with Gasteiger partial charge in [-0.15, -0.1) is 0 Å². The Morgan fingerprint density at radius 1 is 1.21 bits per heavy atom. The standard InChI is InChI=1S/C15H12FIO2/c1-9-4-3-5-11(14(9)17)15(18)12-8-10(16)6-7-13(12)19-2/h3-8H,1-2H3. The Labute approximate surface area is 124 Å². The Bertz CT molecular complexity index is 638. The SMILES string of the molecule is COc1ccc(F)cc1C(=O)c1cccc(C)c1I. The van der Waals surface area contributed by atoms with E-state index in [0.29, 0.717) is 11.3 Å². The molecule has 0 saturated heterocycles. The van der Waals surface area contributed by atoms with Gasteiger partial charge in [0.25, 0.3) is 0 Å². The van der Waals surface area contributed by atoms with Crippen molar-refractivity contribution in [3.05, 3.63) is 62.5 Å². The van der Waals surface area contributed by atoms with Gasteiger partial charge < -0.3 is 4.74 Å². The second-order valence-corrected chi connectivity index (χ2v) is 5.19. The van der Waals surface area contributed by atoms with Crippen LogP contribution in [-0.4, -0.2) is 12.9 Å². The van der Waals surface area contributed by atoms with Crippen molar-refractivity contribution < 1.29 is 13.9 Å². The van der Waals surface area contributed by atoms with E-state index in [9.17, 15) is 9.18 Å². The lowest BCUT2D eigenvalue weighted by Crippen LogP contribution is -2.07. The molecule has 0 aliphatic carbocycles. The molecule has 0 N–H and O–H groups in total. The average molecular weight is 370 g/mol. The van der Waals surface area contributed by atoms with Crippen molar-refractivity contribution in [1.82, 2.24) is 0 Å². The minimum atomic E-state index is -0.452. The van der Waals surface area contributed by atoms with Gasteiger partial charge in [-0.05, 0) is 59.3 Å². The fourth-order valence-electron chi connectivity index (χ4n) is 1.83. The van der Waals surface area contributed by atoms with Crippen molar-refractivity contribution in [3.63, 3.8) is 0 Å². The quantitative estimate of drug-likeness (QED) is 0.604. The predicted molar refractivity (Wildman–Crippen MR) is 80.3 cm³/mol. The molecule has 2 nitrogen and oxygen atoms in total. The molecule has 2 aromatic rings. The fraction of sp³-hybridized carbons (Fsp3) is 0.133. The molecule has 19 heavy (non-hydrogen) atoms. The zero-order chi connectivity index (χ0) is 14.0. The number of ketones is 1. The van der Waals surface area contributed by atoms with Gasteiger partial charge in [0, 0.05) is 9.13 Å². The molecule has 0 aliphatic heterocycles. The van der Waals surface area contributed by atoms with Crippen molar-refractivity contribution in [1.29, 1.82) is 0 Å². The summed E-state index contributed by atoms with van der Waals surface area (Å²) in [6.45, 7) is 1.93. The van der Waals surface area contributed by atoms with E-state index in [2.05, 4.69) is 22.6 Å². The van der Waals surface area contributed by atoms with Crippen LogP contribution in [0.2, 0.25) is 0 Å². The van der Waals surface area contributed by atoms with Gasteiger partial charge in [-0.2, -0.15) is 0 Å². The maximum atomic E-state index is 13.3. The van der Waals surface area contributed by atoms with Crippen LogP contribution in [0, 0.1) is 16.3 Å². The first-order valence-electron chi connectivity index (χ1n) is 5.68. The number of hydrogen-bond acceptors (Lipinski definition) is 2. The zero-order valence-electron chi connectivity index (χ0n) is 10.5. The molecular weight excluding hydrogens is 358 g/mol. The molecule has 0 aliphatic rings. The van der Waals surface area contributed by atoms with Crippen LogP contribution in [0.4, 0.5) is 4.39 Å². The normalized spacial score (nSPS) is 10.3. The number of aryl methyl sites for hydroxylation is 1. The summed E-state index contributed by atoms with van der Waals surface area (Å²) in [6, 6.07) is 9.43. The highest BCUT2D eigenvalue weighted by Crippen LogP contribution is 2.26. The monoisotopic (exact) mass is 370 g/mol. The van der Waals surface area contributed by atoms with Crippen LogP contribution in [0.25, 0.3) is 0 Å². The number of carbonyl (C=O) groups is 1. The Morgan fingerprint density at radius 2 is 1.95 bits per heavy atom. The molecule has 0 saturated carbocycles. The number of hydrogen-bond donors (Lipinski definition) is 0. The predicted octanol–water partition coefficient (Wildman–Crippen LogP) is 3.98. The molecule has 0 atom stereocenters. The van der Waals surface area contributed by atoms with E-state index < -0.39 is 5.82 Å². The lowest BCUT2D eigenvalue weighted by molar-refractivity contribution is 0.103. The van der Waals surface area contributed by atoms with E-state index >= 15 is 0 Å². The summed E-state index contributed by atoms with van der Waals surface area (Å²) in [5, 5.41) is 0. The van der Waals surface area contributed by atoms with Gasteiger partial charge in [0.15, 0.2) is 5.78 Å². The number of benzene rings is 2. The molecular formula is C15H12FIO2. The molecule has 0 heterocycles. The first kappa shape index (κ1) is 14.0. The second-order valence-electron chi connectivity index (χ2n) is 4.11. The maximum Gasteiger partial charge on any atom is 0.197 e. The van der Waals surface area contributed by atoms with E-state index in [4.69, 9.17) is 4.74 Å². The molecule has 0 amide bonds. The van der Waals surface area contributed by atoms with Gasteiger partial charge in [-0.25, -0.2) is 4.39 Å². The third-order valence-electron chi connectivity index (χ3n) is 2.84. The van der Waals surface area contributed by atoms with Crippen LogP contribution in [0.1, 0.15) is 21.5 Å². The Kier molecular flexibility index (Phi) is 4.19. The zero-order valence-corrected chi connectivity index (χ0v) is 12.7. The molecule has 2 rings (SSSR count). The van der Waals surface area contributed by atoms with Gasteiger partial charge >= 0.3 is 0 Å². The minimum absolute atomic E-state index is 0.232. The second kappa shape index (κ2) is 5.69. The van der Waals surface area contributed by atoms with Crippen molar-refractivity contribution in [3.8, 4) is 5.75 Å². The summed E-state index contributed by atoms with van der Waals surface area (Å²) in [7, 11) is 1.46. The largest absolute Gasteiger partial charge is 0.496 e. The first-order chi connectivity index (χ1) is 9.04. The summed E-state index contributed by atoms with van der Waals surface area (Å²) in [5.41, 5.74) is 1.82. The number of rotatable bonds is 3. The van der Waals surface area contributed by atoms with Crippen LogP contribution in [0.15, 0.2) is 36.4 Å². The first-order valence-corrected chi connectivity index (χ1v) is 6.76. The van der Waals surface area contributed by atoms with E-state index in [-0.39, 0.29) is 11.3 Å². The highest BCUT2D eigenvalue weighted by molar-refractivity contribution is 14.1. The molecule has 4 heteroatoms. The van der Waals surface area contributed by atoms with Crippen molar-refractivity contribution in [2.45, 2.75) is 6.92 Å².